The summed E-state index contributed by atoms with van der Waals surface area (Å²) in [5.74, 6) is -1.46. The Morgan fingerprint density at radius 2 is 1.65 bits per heavy atom. The molecule has 0 amide bonds. The average molecular weight is 332 g/mol. The molecular weight excluding hydrogens is 316 g/mol. The molecule has 0 aliphatic carbocycles. The molecule has 0 saturated carbocycles. The smallest absolute Gasteiger partial charge is 0.339 e. The Balaban J connectivity index is 2.61. The minimum Gasteiger partial charge on any atom is -0.507 e. The van der Waals surface area contributed by atoms with Crippen LogP contribution >= 0.6 is 11.8 Å². The van der Waals surface area contributed by atoms with Crippen molar-refractivity contribution in [3.63, 3.8) is 0 Å². The summed E-state index contributed by atoms with van der Waals surface area (Å²) in [6.45, 7) is 1.66. The highest BCUT2D eigenvalue weighted by atomic mass is 32.2. The van der Waals surface area contributed by atoms with Crippen LogP contribution in [0.15, 0.2) is 46.2 Å². The van der Waals surface area contributed by atoms with E-state index in [1.807, 2.05) is 30.3 Å². The summed E-state index contributed by atoms with van der Waals surface area (Å²) in [7, 11) is 2.45. The maximum absolute atomic E-state index is 12.1. The van der Waals surface area contributed by atoms with Crippen LogP contribution in [-0.2, 0) is 9.47 Å². The van der Waals surface area contributed by atoms with Gasteiger partial charge in [0.2, 0.25) is 0 Å². The molecule has 0 fully saturated rings. The van der Waals surface area contributed by atoms with Crippen LogP contribution in [0.3, 0.4) is 0 Å². The monoisotopic (exact) mass is 332 g/mol. The molecule has 2 aromatic carbocycles. The van der Waals surface area contributed by atoms with Crippen molar-refractivity contribution in [2.75, 3.05) is 14.2 Å². The molecule has 23 heavy (non-hydrogen) atoms. The first-order chi connectivity index (χ1) is 11.0. The van der Waals surface area contributed by atoms with Gasteiger partial charge in [0.15, 0.2) is 0 Å². The third kappa shape index (κ3) is 3.48. The van der Waals surface area contributed by atoms with E-state index in [4.69, 9.17) is 4.74 Å². The van der Waals surface area contributed by atoms with E-state index < -0.39 is 11.9 Å². The number of carbonyl (C=O) groups is 2. The van der Waals surface area contributed by atoms with E-state index in [0.29, 0.717) is 10.5 Å². The summed E-state index contributed by atoms with van der Waals surface area (Å²) in [5, 5.41) is 10.3. The molecule has 0 atom stereocenters. The molecule has 0 unspecified atom stereocenters. The number of rotatable bonds is 4. The lowest BCUT2D eigenvalue weighted by Gasteiger charge is -2.15. The third-order valence-electron chi connectivity index (χ3n) is 3.26. The van der Waals surface area contributed by atoms with Crippen LogP contribution in [0, 0.1) is 6.92 Å². The van der Waals surface area contributed by atoms with Crippen LogP contribution in [0.25, 0.3) is 0 Å². The number of hydrogen-bond donors (Lipinski definition) is 1. The fraction of sp³-hybridized carbons (Fsp3) is 0.176. The number of aromatic hydroxyl groups is 1. The van der Waals surface area contributed by atoms with Crippen molar-refractivity contribution in [3.8, 4) is 5.75 Å². The lowest BCUT2D eigenvalue weighted by atomic mass is 10.0. The van der Waals surface area contributed by atoms with Gasteiger partial charge >= 0.3 is 11.9 Å². The van der Waals surface area contributed by atoms with Gasteiger partial charge in [0.1, 0.15) is 5.75 Å². The number of phenolic OH excluding ortho intramolecular Hbond substituents is 1. The van der Waals surface area contributed by atoms with E-state index in [2.05, 4.69) is 4.74 Å². The quantitative estimate of drug-likeness (QED) is 0.865. The molecule has 0 spiro atoms. The minimum atomic E-state index is -0.708. The molecule has 5 nitrogen and oxygen atoms in total. The normalized spacial score (nSPS) is 10.2. The Labute approximate surface area is 138 Å². The van der Waals surface area contributed by atoms with Crippen molar-refractivity contribution in [1.29, 1.82) is 0 Å². The minimum absolute atomic E-state index is 0.0215. The maximum Gasteiger partial charge on any atom is 0.339 e. The second-order valence-electron chi connectivity index (χ2n) is 4.67. The number of methoxy groups -OCH3 is 2. The highest BCUT2D eigenvalue weighted by Crippen LogP contribution is 2.40. The number of esters is 2. The Hall–Kier alpha value is -2.47. The molecule has 0 aliphatic rings. The standard InChI is InChI=1S/C17H16O5S/c1-10-14(17(20)22-3)12(16(19)21-2)9-13(18)15(10)23-11-7-5-4-6-8-11/h4-9,18H,1-3H3. The molecular formula is C17H16O5S. The van der Waals surface area contributed by atoms with Gasteiger partial charge in [-0.15, -0.1) is 0 Å². The molecule has 0 heterocycles. The van der Waals surface area contributed by atoms with Gasteiger partial charge in [0.05, 0.1) is 30.2 Å². The summed E-state index contributed by atoms with van der Waals surface area (Å²) in [6, 6.07) is 10.6. The SMILES string of the molecule is COC(=O)c1cc(O)c(Sc2ccccc2)c(C)c1C(=O)OC. The number of ether oxygens (including phenoxy) is 2. The molecule has 0 aliphatic heterocycles. The van der Waals surface area contributed by atoms with E-state index in [-0.39, 0.29) is 16.9 Å². The Morgan fingerprint density at radius 1 is 1.04 bits per heavy atom. The lowest BCUT2D eigenvalue weighted by molar-refractivity contribution is 0.0553. The average Bonchev–Trinajstić information content (AvgIpc) is 2.57. The molecule has 0 aromatic heterocycles. The Morgan fingerprint density at radius 3 is 2.22 bits per heavy atom. The van der Waals surface area contributed by atoms with Gasteiger partial charge in [-0.3, -0.25) is 0 Å². The first kappa shape index (κ1) is 16.9. The Kier molecular flexibility index (Phi) is 5.28. The van der Waals surface area contributed by atoms with Crippen molar-refractivity contribution in [2.45, 2.75) is 16.7 Å². The van der Waals surface area contributed by atoms with Gasteiger partial charge in [-0.1, -0.05) is 30.0 Å². The van der Waals surface area contributed by atoms with Crippen molar-refractivity contribution < 1.29 is 24.2 Å². The number of carbonyl (C=O) groups excluding carboxylic acids is 2. The van der Waals surface area contributed by atoms with Crippen molar-refractivity contribution in [1.82, 2.24) is 0 Å². The second kappa shape index (κ2) is 7.19. The summed E-state index contributed by atoms with van der Waals surface area (Å²) in [6.07, 6.45) is 0. The van der Waals surface area contributed by atoms with Crippen molar-refractivity contribution in [2.24, 2.45) is 0 Å². The molecule has 0 radical (unpaired) electrons. The summed E-state index contributed by atoms with van der Waals surface area (Å²) < 4.78 is 9.44. The lowest BCUT2D eigenvalue weighted by Crippen LogP contribution is -2.14. The zero-order chi connectivity index (χ0) is 17.0. The van der Waals surface area contributed by atoms with Crippen LogP contribution in [0.4, 0.5) is 0 Å². The number of phenols is 1. The zero-order valence-corrected chi connectivity index (χ0v) is 13.8. The largest absolute Gasteiger partial charge is 0.507 e. The van der Waals surface area contributed by atoms with E-state index >= 15 is 0 Å². The fourth-order valence-corrected chi connectivity index (χ4v) is 3.10. The third-order valence-corrected chi connectivity index (χ3v) is 4.48. The van der Waals surface area contributed by atoms with Crippen LogP contribution in [0.5, 0.6) is 5.75 Å². The number of benzene rings is 2. The zero-order valence-electron chi connectivity index (χ0n) is 13.0. The maximum atomic E-state index is 12.1. The summed E-state index contributed by atoms with van der Waals surface area (Å²) >= 11 is 1.30. The van der Waals surface area contributed by atoms with Crippen LogP contribution in [0.2, 0.25) is 0 Å². The van der Waals surface area contributed by atoms with Crippen LogP contribution < -0.4 is 0 Å². The molecule has 0 bridgehead atoms. The van der Waals surface area contributed by atoms with Gasteiger partial charge in [0.25, 0.3) is 0 Å². The van der Waals surface area contributed by atoms with E-state index in [1.54, 1.807) is 6.92 Å². The van der Waals surface area contributed by atoms with Crippen LogP contribution in [-0.4, -0.2) is 31.3 Å². The van der Waals surface area contributed by atoms with Gasteiger partial charge in [-0.25, -0.2) is 9.59 Å². The van der Waals surface area contributed by atoms with Crippen LogP contribution in [0.1, 0.15) is 26.3 Å². The molecule has 0 saturated heterocycles. The molecule has 1 N–H and O–H groups in total. The predicted octanol–water partition coefficient (Wildman–Crippen LogP) is 3.43. The Bertz CT molecular complexity index is 740. The molecule has 120 valence electrons. The molecule has 2 rings (SSSR count). The summed E-state index contributed by atoms with van der Waals surface area (Å²) in [4.78, 5) is 25.3. The highest BCUT2D eigenvalue weighted by molar-refractivity contribution is 7.99. The second-order valence-corrected chi connectivity index (χ2v) is 5.75. The van der Waals surface area contributed by atoms with E-state index in [0.717, 1.165) is 4.90 Å². The van der Waals surface area contributed by atoms with Gasteiger partial charge in [-0.2, -0.15) is 0 Å². The first-order valence-electron chi connectivity index (χ1n) is 6.75. The van der Waals surface area contributed by atoms with Gasteiger partial charge in [0, 0.05) is 4.90 Å². The first-order valence-corrected chi connectivity index (χ1v) is 7.57. The number of hydrogen-bond acceptors (Lipinski definition) is 6. The topological polar surface area (TPSA) is 72.8 Å². The summed E-state index contributed by atoms with van der Waals surface area (Å²) in [5.41, 5.74) is 0.536. The van der Waals surface area contributed by atoms with E-state index in [1.165, 1.54) is 32.0 Å². The highest BCUT2D eigenvalue weighted by Gasteiger charge is 2.25. The van der Waals surface area contributed by atoms with E-state index in [9.17, 15) is 14.7 Å². The van der Waals surface area contributed by atoms with Crippen molar-refractivity contribution >= 4 is 23.7 Å². The van der Waals surface area contributed by atoms with Gasteiger partial charge < -0.3 is 14.6 Å². The fourth-order valence-electron chi connectivity index (χ4n) is 2.15. The predicted molar refractivity (Wildman–Crippen MR) is 86.1 cm³/mol. The van der Waals surface area contributed by atoms with Crippen molar-refractivity contribution in [3.05, 3.63) is 53.1 Å². The molecule has 2 aromatic rings. The van der Waals surface area contributed by atoms with Gasteiger partial charge in [-0.05, 0) is 30.7 Å². The molecule has 6 heteroatoms.